The van der Waals surface area contributed by atoms with E-state index in [2.05, 4.69) is 20.0 Å². The van der Waals surface area contributed by atoms with E-state index in [0.717, 1.165) is 12.1 Å². The van der Waals surface area contributed by atoms with Gasteiger partial charge >= 0.3 is 18.3 Å². The fourth-order valence-corrected chi connectivity index (χ4v) is 4.26. The number of rotatable bonds is 14. The minimum atomic E-state index is -4.91. The number of esters is 2. The average molecular weight is 624 g/mol. The van der Waals surface area contributed by atoms with Crippen LogP contribution in [0.2, 0.25) is 5.28 Å². The van der Waals surface area contributed by atoms with Crippen LogP contribution in [0.3, 0.4) is 0 Å². The van der Waals surface area contributed by atoms with Crippen LogP contribution < -0.4 is 20.7 Å². The van der Waals surface area contributed by atoms with E-state index in [0.29, 0.717) is 5.69 Å². The normalized spacial score (nSPS) is 14.5. The van der Waals surface area contributed by atoms with E-state index >= 15 is 4.39 Å². The number of alkyl halides is 4. The minimum absolute atomic E-state index is 0.00332. The molecule has 2 atom stereocenters. The molecule has 0 fully saturated rings. The maximum atomic E-state index is 15.5. The summed E-state index contributed by atoms with van der Waals surface area (Å²) in [5, 5.41) is 2.71. The van der Waals surface area contributed by atoms with Crippen molar-refractivity contribution in [1.82, 2.24) is 9.97 Å². The lowest BCUT2D eigenvalue weighted by molar-refractivity contribution is -0.274. The van der Waals surface area contributed by atoms with Gasteiger partial charge in [-0.05, 0) is 43.1 Å². The van der Waals surface area contributed by atoms with Crippen molar-refractivity contribution in [2.45, 2.75) is 51.1 Å². The molecule has 42 heavy (non-hydrogen) atoms. The van der Waals surface area contributed by atoms with Gasteiger partial charge in [0, 0.05) is 20.0 Å². The molecule has 0 saturated carbocycles. The Kier molecular flexibility index (Phi) is 11.0. The Morgan fingerprint density at radius 3 is 2.29 bits per heavy atom. The third kappa shape index (κ3) is 8.01. The molecule has 0 saturated heterocycles. The van der Waals surface area contributed by atoms with Gasteiger partial charge in [-0.3, -0.25) is 0 Å². The molecule has 1 aromatic carbocycles. The van der Waals surface area contributed by atoms with Gasteiger partial charge in [-0.25, -0.2) is 14.0 Å². The number of anilines is 3. The summed E-state index contributed by atoms with van der Waals surface area (Å²) >= 11 is 5.88. The summed E-state index contributed by atoms with van der Waals surface area (Å²) in [6, 6.07) is 4.47. The van der Waals surface area contributed by atoms with Crippen LogP contribution in [0.25, 0.3) is 0 Å². The zero-order valence-corrected chi connectivity index (χ0v) is 23.6. The Labute approximate surface area is 243 Å². The van der Waals surface area contributed by atoms with Crippen LogP contribution in [0.15, 0.2) is 24.3 Å². The van der Waals surface area contributed by atoms with Crippen molar-refractivity contribution in [1.29, 1.82) is 0 Å². The molecule has 2 unspecified atom stereocenters. The van der Waals surface area contributed by atoms with Crippen LogP contribution in [0, 0.1) is 0 Å². The highest BCUT2D eigenvalue weighted by Crippen LogP contribution is 2.36. The molecule has 2 heterocycles. The predicted molar refractivity (Wildman–Crippen MR) is 142 cm³/mol. The third-order valence-corrected chi connectivity index (χ3v) is 6.22. The number of halogens is 5. The second-order valence-electron chi connectivity index (χ2n) is 8.86. The van der Waals surface area contributed by atoms with Gasteiger partial charge in [0.05, 0.1) is 32.6 Å². The van der Waals surface area contributed by atoms with Crippen molar-refractivity contribution >= 4 is 40.9 Å². The molecule has 3 N–H and O–H groups in total. The lowest BCUT2D eigenvalue weighted by atomic mass is 9.93. The summed E-state index contributed by atoms with van der Waals surface area (Å²) in [4.78, 5) is 35.4. The number of carbonyl (C=O) groups is 2. The molecule has 0 amide bonds. The second kappa shape index (κ2) is 14.0. The molecule has 0 bridgehead atoms. The summed E-state index contributed by atoms with van der Waals surface area (Å²) in [5.41, 5.74) is 3.96. The largest absolute Gasteiger partial charge is 0.573 e. The van der Waals surface area contributed by atoms with Crippen LogP contribution in [-0.4, -0.2) is 79.9 Å². The summed E-state index contributed by atoms with van der Waals surface area (Å²) in [7, 11) is 1.28. The zero-order valence-electron chi connectivity index (χ0n) is 22.9. The number of nitrogens with one attached hydrogen (secondary N) is 1. The first-order chi connectivity index (χ1) is 19.8. The first kappa shape index (κ1) is 32.9. The highest BCUT2D eigenvalue weighted by atomic mass is 35.5. The molecule has 1 aromatic heterocycles. The fraction of sp³-hybridized carbons (Fsp3) is 0.520. The molecule has 0 radical (unpaired) electrons. The molecule has 1 aliphatic heterocycles. The summed E-state index contributed by atoms with van der Waals surface area (Å²) in [5.74, 6) is -2.54. The van der Waals surface area contributed by atoms with Gasteiger partial charge in [-0.1, -0.05) is 12.1 Å². The van der Waals surface area contributed by atoms with Crippen LogP contribution in [0.5, 0.6) is 5.75 Å². The Bertz CT molecular complexity index is 1220. The van der Waals surface area contributed by atoms with E-state index in [-0.39, 0.29) is 48.8 Å². The lowest BCUT2D eigenvalue weighted by Gasteiger charge is -2.32. The molecule has 3 rings (SSSR count). The van der Waals surface area contributed by atoms with Gasteiger partial charge in [0.15, 0.2) is 17.9 Å². The van der Waals surface area contributed by atoms with E-state index in [1.54, 1.807) is 0 Å². The standard InChI is InChI=1S/C25H30ClF4N5O7/c1-4-39-21(36)24(22(37)40-5-2,11-14-6-8-15(9-7-14)42-25(28,29)30)41-12-16(38-3)10-17(27)35-13-32-18-19(31)33-23(26)34-20(18)35/h6-9,16-17,32H,4-5,10-13H2,1-3H3,(H2,31,33,34). The van der Waals surface area contributed by atoms with Gasteiger partial charge < -0.3 is 39.6 Å². The van der Waals surface area contributed by atoms with Crippen LogP contribution in [0.1, 0.15) is 25.8 Å². The maximum Gasteiger partial charge on any atom is 0.573 e. The summed E-state index contributed by atoms with van der Waals surface area (Å²) in [6.45, 7) is 2.27. The van der Waals surface area contributed by atoms with Gasteiger partial charge in [0.1, 0.15) is 11.4 Å². The van der Waals surface area contributed by atoms with Crippen molar-refractivity contribution in [3.05, 3.63) is 35.1 Å². The van der Waals surface area contributed by atoms with Gasteiger partial charge in [-0.2, -0.15) is 9.97 Å². The van der Waals surface area contributed by atoms with Crippen molar-refractivity contribution in [3.63, 3.8) is 0 Å². The smallest absolute Gasteiger partial charge is 0.463 e. The number of aromatic nitrogens is 2. The fourth-order valence-electron chi connectivity index (χ4n) is 4.09. The maximum absolute atomic E-state index is 15.5. The predicted octanol–water partition coefficient (Wildman–Crippen LogP) is 3.63. The number of benzene rings is 1. The molecular weight excluding hydrogens is 594 g/mol. The molecule has 232 valence electrons. The van der Waals surface area contributed by atoms with Crippen LogP contribution >= 0.6 is 11.6 Å². The quantitative estimate of drug-likeness (QED) is 0.104. The van der Waals surface area contributed by atoms with Gasteiger partial charge in [0.25, 0.3) is 5.60 Å². The van der Waals surface area contributed by atoms with Gasteiger partial charge in [-0.15, -0.1) is 13.2 Å². The molecular formula is C25H30ClF4N5O7. The first-order valence-electron chi connectivity index (χ1n) is 12.7. The number of nitrogens with zero attached hydrogens (tertiary/aromatic N) is 3. The SMILES string of the molecule is CCOC(=O)C(Cc1ccc(OC(F)(F)F)cc1)(OCC(CC(F)N1CNc2c(N)nc(Cl)nc21)OC)C(=O)OCC. The Morgan fingerprint density at radius 1 is 1.12 bits per heavy atom. The molecule has 1 aliphatic rings. The number of fused-ring (bicyclic) bond motifs is 1. The average Bonchev–Trinajstić information content (AvgIpc) is 3.35. The zero-order chi connectivity index (χ0) is 31.1. The van der Waals surface area contributed by atoms with Crippen LogP contribution in [-0.2, 0) is 35.0 Å². The van der Waals surface area contributed by atoms with E-state index in [9.17, 15) is 22.8 Å². The van der Waals surface area contributed by atoms with Crippen molar-refractivity contribution < 1.29 is 50.8 Å². The Hall–Kier alpha value is -3.63. The number of hydrogen-bond donors (Lipinski definition) is 2. The van der Waals surface area contributed by atoms with Crippen molar-refractivity contribution in [3.8, 4) is 5.75 Å². The summed E-state index contributed by atoms with van der Waals surface area (Å²) < 4.78 is 78.6. The topological polar surface area (TPSA) is 147 Å². The second-order valence-corrected chi connectivity index (χ2v) is 9.19. The molecule has 12 nitrogen and oxygen atoms in total. The van der Waals surface area contributed by atoms with Gasteiger partial charge in [0.2, 0.25) is 5.28 Å². The Morgan fingerprint density at radius 2 is 1.74 bits per heavy atom. The highest BCUT2D eigenvalue weighted by Gasteiger charge is 2.51. The van der Waals surface area contributed by atoms with E-state index in [1.807, 2.05) is 0 Å². The summed E-state index contributed by atoms with van der Waals surface area (Å²) in [6.07, 6.45) is -8.43. The monoisotopic (exact) mass is 623 g/mol. The number of ether oxygens (including phenoxy) is 5. The number of carbonyl (C=O) groups excluding carboxylic acids is 2. The number of nitrogens with two attached hydrogens (primary N) is 1. The Balaban J connectivity index is 1.83. The van der Waals surface area contributed by atoms with E-state index in [1.165, 1.54) is 38.0 Å². The van der Waals surface area contributed by atoms with E-state index < -0.39 is 55.1 Å². The lowest BCUT2D eigenvalue weighted by Crippen LogP contribution is -2.54. The molecule has 0 aliphatic carbocycles. The van der Waals surface area contributed by atoms with Crippen molar-refractivity contribution in [2.75, 3.05) is 49.5 Å². The molecule has 17 heteroatoms. The molecule has 0 spiro atoms. The highest BCUT2D eigenvalue weighted by molar-refractivity contribution is 6.28. The molecule has 2 aromatic rings. The number of hydrogen-bond acceptors (Lipinski definition) is 12. The van der Waals surface area contributed by atoms with E-state index in [4.69, 9.17) is 36.3 Å². The first-order valence-corrected chi connectivity index (χ1v) is 13.0. The number of methoxy groups -OCH3 is 1. The number of nitrogen functional groups attached to an aromatic ring is 1. The third-order valence-electron chi connectivity index (χ3n) is 6.05. The van der Waals surface area contributed by atoms with Crippen LogP contribution in [0.4, 0.5) is 34.9 Å². The minimum Gasteiger partial charge on any atom is -0.463 e. The van der Waals surface area contributed by atoms with Crippen molar-refractivity contribution in [2.24, 2.45) is 0 Å².